The summed E-state index contributed by atoms with van der Waals surface area (Å²) in [6.45, 7) is 0. The molecule has 2 atom stereocenters. The number of nitrogens with one attached hydrogen (secondary N) is 1. The molecule has 8 heavy (non-hydrogen) atoms. The van der Waals surface area contributed by atoms with Gasteiger partial charge in [0.15, 0.2) is 0 Å². The fraction of sp³-hybridized carbons (Fsp3) is 1.00. The molecule has 0 aromatic carbocycles. The first-order valence-electron chi connectivity index (χ1n) is 3.38. The molecule has 0 spiro atoms. The quantitative estimate of drug-likeness (QED) is 0.439. The molecule has 1 aliphatic heterocycles. The van der Waals surface area contributed by atoms with E-state index in [2.05, 4.69) is 5.32 Å². The lowest BCUT2D eigenvalue weighted by atomic mass is 9.96. The van der Waals surface area contributed by atoms with Gasteiger partial charge in [-0.2, -0.15) is 0 Å². The SMILES string of the molecule is NC12CCCCC1N2. The lowest BCUT2D eigenvalue weighted by molar-refractivity contribution is 0.464. The maximum Gasteiger partial charge on any atom is 0.0823 e. The number of nitrogens with two attached hydrogens (primary N) is 1. The van der Waals surface area contributed by atoms with E-state index in [9.17, 15) is 0 Å². The Kier molecular flexibility index (Phi) is 0.746. The average molecular weight is 112 g/mol. The van der Waals surface area contributed by atoms with Crippen molar-refractivity contribution in [3.05, 3.63) is 0 Å². The van der Waals surface area contributed by atoms with Crippen molar-refractivity contribution in [3.63, 3.8) is 0 Å². The molecule has 1 aliphatic carbocycles. The van der Waals surface area contributed by atoms with Crippen LogP contribution >= 0.6 is 0 Å². The highest BCUT2D eigenvalue weighted by Gasteiger charge is 2.50. The third-order valence-corrected chi connectivity index (χ3v) is 2.31. The predicted molar refractivity (Wildman–Crippen MR) is 32.3 cm³/mol. The molecule has 1 saturated heterocycles. The maximum absolute atomic E-state index is 5.84. The van der Waals surface area contributed by atoms with Crippen LogP contribution in [0.15, 0.2) is 0 Å². The molecule has 2 nitrogen and oxygen atoms in total. The van der Waals surface area contributed by atoms with Gasteiger partial charge in [0, 0.05) is 6.04 Å². The molecule has 2 fully saturated rings. The topological polar surface area (TPSA) is 48.0 Å². The third kappa shape index (κ3) is 0.501. The Morgan fingerprint density at radius 1 is 1.50 bits per heavy atom. The highest BCUT2D eigenvalue weighted by molar-refractivity contribution is 5.11. The summed E-state index contributed by atoms with van der Waals surface area (Å²) in [5.74, 6) is 0. The van der Waals surface area contributed by atoms with Crippen molar-refractivity contribution in [2.24, 2.45) is 5.73 Å². The van der Waals surface area contributed by atoms with Crippen molar-refractivity contribution in [1.29, 1.82) is 0 Å². The summed E-state index contributed by atoms with van der Waals surface area (Å²) in [6, 6.07) is 0.677. The Morgan fingerprint density at radius 3 is 2.88 bits per heavy atom. The molecule has 0 aromatic heterocycles. The van der Waals surface area contributed by atoms with E-state index < -0.39 is 0 Å². The molecule has 2 rings (SSSR count). The molecule has 2 heteroatoms. The number of rotatable bonds is 0. The minimum absolute atomic E-state index is 0.0955. The molecule has 0 bridgehead atoms. The largest absolute Gasteiger partial charge is 0.312 e. The van der Waals surface area contributed by atoms with Gasteiger partial charge in [0.1, 0.15) is 0 Å². The Labute approximate surface area is 49.4 Å². The van der Waals surface area contributed by atoms with Crippen molar-refractivity contribution in [3.8, 4) is 0 Å². The van der Waals surface area contributed by atoms with E-state index in [1.807, 2.05) is 0 Å². The van der Waals surface area contributed by atoms with Gasteiger partial charge in [0.25, 0.3) is 0 Å². The standard InChI is InChI=1S/C6H12N2/c7-6-4-2-1-3-5(6)8-6/h5,8H,1-4,7H2. The van der Waals surface area contributed by atoms with E-state index in [1.54, 1.807) is 0 Å². The van der Waals surface area contributed by atoms with Gasteiger partial charge in [0.05, 0.1) is 5.66 Å². The van der Waals surface area contributed by atoms with Gasteiger partial charge < -0.3 is 5.73 Å². The highest BCUT2D eigenvalue weighted by Crippen LogP contribution is 2.35. The van der Waals surface area contributed by atoms with Crippen molar-refractivity contribution >= 4 is 0 Å². The summed E-state index contributed by atoms with van der Waals surface area (Å²) in [4.78, 5) is 0. The Balaban J connectivity index is 2.04. The minimum atomic E-state index is 0.0955. The van der Waals surface area contributed by atoms with Gasteiger partial charge in [-0.25, -0.2) is 0 Å². The monoisotopic (exact) mass is 112 g/mol. The van der Waals surface area contributed by atoms with Crippen molar-refractivity contribution < 1.29 is 0 Å². The average Bonchev–Trinajstić information content (AvgIpc) is 2.39. The summed E-state index contributed by atoms with van der Waals surface area (Å²) in [7, 11) is 0. The fourth-order valence-electron chi connectivity index (χ4n) is 1.62. The predicted octanol–water partition coefficient (Wildman–Crippen LogP) is 0.187. The van der Waals surface area contributed by atoms with E-state index in [0.717, 1.165) is 0 Å². The Morgan fingerprint density at radius 2 is 2.38 bits per heavy atom. The number of hydrogen-bond acceptors (Lipinski definition) is 2. The van der Waals surface area contributed by atoms with Crippen LogP contribution in [-0.4, -0.2) is 11.7 Å². The Bertz CT molecular complexity index is 111. The van der Waals surface area contributed by atoms with Crippen LogP contribution in [0, 0.1) is 0 Å². The van der Waals surface area contributed by atoms with Crippen LogP contribution < -0.4 is 11.1 Å². The third-order valence-electron chi connectivity index (χ3n) is 2.31. The number of hydrogen-bond donors (Lipinski definition) is 2. The summed E-state index contributed by atoms with van der Waals surface area (Å²) in [5.41, 5.74) is 5.94. The van der Waals surface area contributed by atoms with Crippen molar-refractivity contribution in [2.75, 3.05) is 0 Å². The van der Waals surface area contributed by atoms with E-state index in [0.29, 0.717) is 6.04 Å². The Hall–Kier alpha value is -0.0800. The summed E-state index contributed by atoms with van der Waals surface area (Å²) in [6.07, 6.45) is 5.19. The maximum atomic E-state index is 5.84. The van der Waals surface area contributed by atoms with Gasteiger partial charge in [0.2, 0.25) is 0 Å². The van der Waals surface area contributed by atoms with E-state index in [1.165, 1.54) is 25.7 Å². The molecule has 1 saturated carbocycles. The lowest BCUT2D eigenvalue weighted by Crippen LogP contribution is -2.31. The van der Waals surface area contributed by atoms with Gasteiger partial charge >= 0.3 is 0 Å². The molecule has 2 aliphatic rings. The van der Waals surface area contributed by atoms with Gasteiger partial charge in [-0.1, -0.05) is 12.8 Å². The molecule has 1 heterocycles. The molecule has 46 valence electrons. The summed E-state index contributed by atoms with van der Waals surface area (Å²) >= 11 is 0. The van der Waals surface area contributed by atoms with Gasteiger partial charge in [-0.05, 0) is 12.8 Å². The van der Waals surface area contributed by atoms with Crippen LogP contribution in [0.3, 0.4) is 0 Å². The van der Waals surface area contributed by atoms with E-state index >= 15 is 0 Å². The first-order valence-corrected chi connectivity index (χ1v) is 3.38. The lowest BCUT2D eigenvalue weighted by Gasteiger charge is -2.12. The second kappa shape index (κ2) is 1.25. The van der Waals surface area contributed by atoms with Crippen molar-refractivity contribution in [2.45, 2.75) is 37.4 Å². The highest BCUT2D eigenvalue weighted by atomic mass is 15.3. The molecule has 0 radical (unpaired) electrons. The molecule has 0 aromatic rings. The van der Waals surface area contributed by atoms with Crippen LogP contribution in [0.25, 0.3) is 0 Å². The molecule has 2 unspecified atom stereocenters. The molecule has 0 amide bonds. The van der Waals surface area contributed by atoms with Crippen molar-refractivity contribution in [1.82, 2.24) is 5.32 Å². The van der Waals surface area contributed by atoms with E-state index in [4.69, 9.17) is 5.73 Å². The van der Waals surface area contributed by atoms with Crippen LogP contribution in [0.5, 0.6) is 0 Å². The first-order chi connectivity index (χ1) is 3.81. The van der Waals surface area contributed by atoms with Gasteiger partial charge in [-0.3, -0.25) is 5.32 Å². The molecular formula is C6H12N2. The summed E-state index contributed by atoms with van der Waals surface area (Å²) in [5, 5.41) is 3.28. The first kappa shape index (κ1) is 4.77. The second-order valence-electron chi connectivity index (χ2n) is 2.98. The minimum Gasteiger partial charge on any atom is -0.312 e. The zero-order valence-electron chi connectivity index (χ0n) is 4.98. The fourth-order valence-corrected chi connectivity index (χ4v) is 1.62. The summed E-state index contributed by atoms with van der Waals surface area (Å²) < 4.78 is 0. The second-order valence-corrected chi connectivity index (χ2v) is 2.98. The zero-order valence-corrected chi connectivity index (χ0v) is 4.98. The van der Waals surface area contributed by atoms with Gasteiger partial charge in [-0.15, -0.1) is 0 Å². The smallest absolute Gasteiger partial charge is 0.0823 e. The zero-order chi connectivity index (χ0) is 5.61. The van der Waals surface area contributed by atoms with Crippen LogP contribution in [0.2, 0.25) is 0 Å². The van der Waals surface area contributed by atoms with E-state index in [-0.39, 0.29) is 5.66 Å². The number of fused-ring (bicyclic) bond motifs is 1. The molecular weight excluding hydrogens is 100 g/mol. The molecule has 3 N–H and O–H groups in total. The normalized spacial score (nSPS) is 52.9. The van der Waals surface area contributed by atoms with Crippen LogP contribution in [-0.2, 0) is 0 Å². The van der Waals surface area contributed by atoms with Crippen LogP contribution in [0.1, 0.15) is 25.7 Å². The van der Waals surface area contributed by atoms with Crippen LogP contribution in [0.4, 0.5) is 0 Å².